The molecule has 0 atom stereocenters. The van der Waals surface area contributed by atoms with Crippen molar-refractivity contribution < 1.29 is 5.73 Å². The highest BCUT2D eigenvalue weighted by molar-refractivity contribution is 5.84. The minimum Gasteiger partial charge on any atom is -0.160 e. The zero-order valence-electron chi connectivity index (χ0n) is 6.12. The summed E-state index contributed by atoms with van der Waals surface area (Å²) in [6.07, 6.45) is 0. The molecule has 0 bridgehead atoms. The Kier molecular flexibility index (Phi) is 1.37. The Balaban J connectivity index is 2.83. The fraction of sp³-hybridized carbons (Fsp3) is 0. The maximum atomic E-state index is 5.62. The number of rotatable bonds is 0. The normalized spacial score (nSPS) is 10.3. The summed E-state index contributed by atoms with van der Waals surface area (Å²) in [5.41, 5.74) is 6.45. The molecular formula is C10H9N+. The number of benzene rings is 2. The molecule has 0 aliphatic rings. The van der Waals surface area contributed by atoms with E-state index in [2.05, 4.69) is 12.1 Å². The molecule has 0 aliphatic heterocycles. The molecule has 2 N–H and O–H groups in total. The predicted molar refractivity (Wildman–Crippen MR) is 45.5 cm³/mol. The van der Waals surface area contributed by atoms with E-state index in [9.17, 15) is 0 Å². The molecule has 0 heterocycles. The van der Waals surface area contributed by atoms with Crippen LogP contribution in [-0.2, 0) is 0 Å². The van der Waals surface area contributed by atoms with Gasteiger partial charge in [0.2, 0.25) is 0 Å². The summed E-state index contributed by atoms with van der Waals surface area (Å²) in [5, 5.41) is 2.44. The van der Waals surface area contributed by atoms with E-state index in [1.165, 1.54) is 10.8 Å². The van der Waals surface area contributed by atoms with Gasteiger partial charge in [0, 0.05) is 12.1 Å². The van der Waals surface area contributed by atoms with Gasteiger partial charge in [-0.25, -0.2) is 0 Å². The zero-order valence-corrected chi connectivity index (χ0v) is 6.12. The van der Waals surface area contributed by atoms with Crippen LogP contribution >= 0.6 is 0 Å². The largest absolute Gasteiger partial charge is 0.177 e. The highest BCUT2D eigenvalue weighted by Crippen LogP contribution is 2.15. The Labute approximate surface area is 65.5 Å². The molecule has 1 nitrogen and oxygen atoms in total. The summed E-state index contributed by atoms with van der Waals surface area (Å²) in [6, 6.07) is 14.1. The highest BCUT2D eigenvalue weighted by atomic mass is 14.5. The first-order valence-electron chi connectivity index (χ1n) is 3.60. The van der Waals surface area contributed by atoms with E-state index < -0.39 is 0 Å². The van der Waals surface area contributed by atoms with Crippen LogP contribution in [-0.4, -0.2) is 0 Å². The van der Waals surface area contributed by atoms with E-state index in [0.29, 0.717) is 0 Å². The number of nitrogen functional groups attached to an aromatic ring is 1. The van der Waals surface area contributed by atoms with E-state index in [1.54, 1.807) is 0 Å². The Morgan fingerprint density at radius 2 is 1.55 bits per heavy atom. The van der Waals surface area contributed by atoms with Crippen molar-refractivity contribution in [2.45, 2.75) is 0 Å². The van der Waals surface area contributed by atoms with Crippen molar-refractivity contribution in [3.05, 3.63) is 42.5 Å². The molecule has 2 aromatic rings. The summed E-state index contributed by atoms with van der Waals surface area (Å²) in [6.45, 7) is 0. The Morgan fingerprint density at radius 1 is 0.818 bits per heavy atom. The van der Waals surface area contributed by atoms with Crippen LogP contribution in [0.2, 0.25) is 0 Å². The van der Waals surface area contributed by atoms with Crippen molar-refractivity contribution in [2.75, 3.05) is 0 Å². The molecule has 0 saturated carbocycles. The minimum absolute atomic E-state index is 0.823. The van der Waals surface area contributed by atoms with Gasteiger partial charge in [0.1, 0.15) is 0 Å². The van der Waals surface area contributed by atoms with Gasteiger partial charge in [0.25, 0.3) is 0 Å². The first-order chi connectivity index (χ1) is 5.36. The second-order valence-corrected chi connectivity index (χ2v) is 2.61. The van der Waals surface area contributed by atoms with Gasteiger partial charge < -0.3 is 0 Å². The number of hydrogen-bond acceptors (Lipinski definition) is 1. The van der Waals surface area contributed by atoms with E-state index >= 15 is 0 Å². The average Bonchev–Trinajstić information content (AvgIpc) is 2.04. The average molecular weight is 143 g/mol. The quantitative estimate of drug-likeness (QED) is 0.541. The molecule has 11 heavy (non-hydrogen) atoms. The molecule has 53 valence electrons. The molecular weight excluding hydrogens is 134 g/mol. The van der Waals surface area contributed by atoms with Gasteiger partial charge in [0.15, 0.2) is 5.69 Å². The van der Waals surface area contributed by atoms with Gasteiger partial charge in [-0.1, -0.05) is 24.3 Å². The van der Waals surface area contributed by atoms with Gasteiger partial charge in [-0.05, 0) is 16.8 Å². The maximum absolute atomic E-state index is 5.62. The van der Waals surface area contributed by atoms with Crippen molar-refractivity contribution in [1.29, 1.82) is 0 Å². The lowest BCUT2D eigenvalue weighted by Crippen LogP contribution is -2.39. The molecule has 0 unspecified atom stereocenters. The van der Waals surface area contributed by atoms with Gasteiger partial charge in [-0.3, -0.25) is 0 Å². The summed E-state index contributed by atoms with van der Waals surface area (Å²) in [4.78, 5) is 0. The molecule has 0 aromatic heterocycles. The van der Waals surface area contributed by atoms with E-state index in [0.717, 1.165) is 5.69 Å². The molecule has 2 aromatic carbocycles. The van der Waals surface area contributed by atoms with Crippen LogP contribution in [0.3, 0.4) is 0 Å². The van der Waals surface area contributed by atoms with Crippen molar-refractivity contribution >= 4 is 16.5 Å². The zero-order chi connectivity index (χ0) is 7.68. The van der Waals surface area contributed by atoms with Gasteiger partial charge >= 0.3 is 0 Å². The van der Waals surface area contributed by atoms with E-state index in [-0.39, 0.29) is 0 Å². The lowest BCUT2D eigenvalue weighted by atomic mass is 10.1. The third kappa shape index (κ3) is 1.10. The Hall–Kier alpha value is -1.34. The predicted octanol–water partition coefficient (Wildman–Crippen LogP) is 1.50. The fourth-order valence-corrected chi connectivity index (χ4v) is 1.21. The van der Waals surface area contributed by atoms with Crippen molar-refractivity contribution in [1.82, 2.24) is 0 Å². The number of nitrogens with two attached hydrogens (primary N) is 1. The first-order valence-corrected chi connectivity index (χ1v) is 3.60. The monoisotopic (exact) mass is 143 g/mol. The standard InChI is InChI=1S/C10H9N/c11-10-6-5-8-3-1-2-4-9(8)7-10/h1-7H,11H2/q+1. The molecule has 0 fully saturated rings. The summed E-state index contributed by atoms with van der Waals surface area (Å²) in [7, 11) is 0. The minimum atomic E-state index is 0.823. The van der Waals surface area contributed by atoms with E-state index in [1.807, 2.05) is 30.3 Å². The molecule has 2 rings (SSSR count). The number of anilines is 1. The molecule has 1 radical (unpaired) electrons. The van der Waals surface area contributed by atoms with Crippen LogP contribution in [0.15, 0.2) is 42.5 Å². The van der Waals surface area contributed by atoms with Crippen LogP contribution < -0.4 is 5.73 Å². The lowest BCUT2D eigenvalue weighted by molar-refractivity contribution is -0.254. The maximum Gasteiger partial charge on any atom is 0.177 e. The molecule has 0 amide bonds. The Morgan fingerprint density at radius 3 is 2.36 bits per heavy atom. The third-order valence-electron chi connectivity index (χ3n) is 1.77. The van der Waals surface area contributed by atoms with Crippen LogP contribution in [0, 0.1) is 0 Å². The SMILES string of the molecule is [NH2+]c1ccc2ccccc2c1. The van der Waals surface area contributed by atoms with Crippen molar-refractivity contribution in [3.8, 4) is 0 Å². The highest BCUT2D eigenvalue weighted by Gasteiger charge is 1.93. The van der Waals surface area contributed by atoms with Crippen LogP contribution in [0.5, 0.6) is 0 Å². The lowest BCUT2D eigenvalue weighted by Gasteiger charge is -1.93. The number of fused-ring (bicyclic) bond motifs is 1. The smallest absolute Gasteiger partial charge is 0.160 e. The molecule has 1 heteroatoms. The van der Waals surface area contributed by atoms with Crippen molar-refractivity contribution in [2.24, 2.45) is 0 Å². The summed E-state index contributed by atoms with van der Waals surface area (Å²) >= 11 is 0. The fourth-order valence-electron chi connectivity index (χ4n) is 1.21. The van der Waals surface area contributed by atoms with Gasteiger partial charge in [-0.15, -0.1) is 0 Å². The van der Waals surface area contributed by atoms with Gasteiger partial charge in [-0.2, -0.15) is 5.73 Å². The van der Waals surface area contributed by atoms with Crippen LogP contribution in [0.25, 0.3) is 10.8 Å². The summed E-state index contributed by atoms with van der Waals surface area (Å²) < 4.78 is 0. The first kappa shape index (κ1) is 6.38. The van der Waals surface area contributed by atoms with E-state index in [4.69, 9.17) is 5.73 Å². The third-order valence-corrected chi connectivity index (χ3v) is 1.77. The van der Waals surface area contributed by atoms with Crippen molar-refractivity contribution in [3.63, 3.8) is 0 Å². The van der Waals surface area contributed by atoms with Crippen LogP contribution in [0.1, 0.15) is 0 Å². The molecule has 0 aliphatic carbocycles. The molecule has 0 saturated heterocycles. The summed E-state index contributed by atoms with van der Waals surface area (Å²) in [5.74, 6) is 0. The van der Waals surface area contributed by atoms with Crippen LogP contribution in [0.4, 0.5) is 5.69 Å². The second kappa shape index (κ2) is 2.36. The number of hydrogen-bond donors (Lipinski definition) is 1. The topological polar surface area (TPSA) is 25.3 Å². The Bertz CT molecular complexity index is 379. The molecule has 0 spiro atoms. The second-order valence-electron chi connectivity index (χ2n) is 2.61. The van der Waals surface area contributed by atoms with Gasteiger partial charge in [0.05, 0.1) is 0 Å².